The number of hydrogen-bond acceptors (Lipinski definition) is 5. The van der Waals surface area contributed by atoms with Crippen LogP contribution < -0.4 is 15.5 Å². The first-order valence-corrected chi connectivity index (χ1v) is 9.94. The Morgan fingerprint density at radius 3 is 2.45 bits per heavy atom. The summed E-state index contributed by atoms with van der Waals surface area (Å²) >= 11 is 7.16. The molecule has 0 saturated heterocycles. The summed E-state index contributed by atoms with van der Waals surface area (Å²) < 4.78 is 5.41. The predicted molar refractivity (Wildman–Crippen MR) is 116 cm³/mol. The molecule has 0 saturated carbocycles. The lowest BCUT2D eigenvalue weighted by Crippen LogP contribution is -2.20. The van der Waals surface area contributed by atoms with Crippen molar-refractivity contribution in [2.75, 3.05) is 11.9 Å². The van der Waals surface area contributed by atoms with E-state index in [0.29, 0.717) is 27.0 Å². The quantitative estimate of drug-likeness (QED) is 0.428. The zero-order valence-corrected chi connectivity index (χ0v) is 17.1. The molecule has 0 fully saturated rings. The van der Waals surface area contributed by atoms with Gasteiger partial charge in [-0.05, 0) is 60.3 Å². The van der Waals surface area contributed by atoms with Gasteiger partial charge in [0.15, 0.2) is 6.61 Å². The van der Waals surface area contributed by atoms with Crippen molar-refractivity contribution in [2.24, 2.45) is 5.10 Å². The molecule has 0 spiro atoms. The first-order valence-electron chi connectivity index (χ1n) is 8.68. The summed E-state index contributed by atoms with van der Waals surface area (Å²) in [7, 11) is 0. The number of nitrogens with zero attached hydrogens (tertiary/aromatic N) is 1. The van der Waals surface area contributed by atoms with E-state index in [9.17, 15) is 9.59 Å². The molecular formula is C21H18ClN3O3S. The Kier molecular flexibility index (Phi) is 6.99. The van der Waals surface area contributed by atoms with Crippen LogP contribution in [-0.4, -0.2) is 24.1 Å². The summed E-state index contributed by atoms with van der Waals surface area (Å²) in [5.41, 5.74) is 4.64. The Morgan fingerprint density at radius 2 is 1.79 bits per heavy atom. The third-order valence-corrected chi connectivity index (χ3v) is 4.96. The number of anilines is 1. The molecule has 0 aliphatic heterocycles. The molecular weight excluding hydrogens is 410 g/mol. The lowest BCUT2D eigenvalue weighted by Gasteiger charge is -2.08. The number of amides is 2. The van der Waals surface area contributed by atoms with E-state index in [-0.39, 0.29) is 18.4 Å². The zero-order chi connectivity index (χ0) is 20.6. The molecule has 0 aliphatic rings. The SMILES string of the molecule is C/C(=N/NC(=O)c1cccs1)c1ccc(NC(=O)COc2ccc(Cl)cc2)cc1. The van der Waals surface area contributed by atoms with E-state index in [1.54, 1.807) is 49.4 Å². The Labute approximate surface area is 177 Å². The van der Waals surface area contributed by atoms with Gasteiger partial charge in [-0.15, -0.1) is 11.3 Å². The van der Waals surface area contributed by atoms with Crippen LogP contribution in [0.2, 0.25) is 5.02 Å². The third-order valence-electron chi connectivity index (χ3n) is 3.84. The molecule has 148 valence electrons. The van der Waals surface area contributed by atoms with Gasteiger partial charge in [0.05, 0.1) is 10.6 Å². The van der Waals surface area contributed by atoms with Gasteiger partial charge in [0.1, 0.15) is 5.75 Å². The average Bonchev–Trinajstić information content (AvgIpc) is 3.27. The number of nitrogens with one attached hydrogen (secondary N) is 2. The van der Waals surface area contributed by atoms with Gasteiger partial charge in [0, 0.05) is 10.7 Å². The second kappa shape index (κ2) is 9.86. The van der Waals surface area contributed by atoms with E-state index in [2.05, 4.69) is 15.8 Å². The maximum atomic E-state index is 12.0. The van der Waals surface area contributed by atoms with E-state index in [1.807, 2.05) is 23.6 Å². The molecule has 0 atom stereocenters. The van der Waals surface area contributed by atoms with Crippen LogP contribution in [0.4, 0.5) is 5.69 Å². The molecule has 0 aliphatic carbocycles. The van der Waals surface area contributed by atoms with E-state index in [0.717, 1.165) is 5.56 Å². The molecule has 8 heteroatoms. The summed E-state index contributed by atoms with van der Waals surface area (Å²) in [5, 5.41) is 9.31. The molecule has 0 radical (unpaired) electrons. The molecule has 2 aromatic carbocycles. The number of halogens is 1. The minimum absolute atomic E-state index is 0.112. The van der Waals surface area contributed by atoms with Crippen LogP contribution in [0.15, 0.2) is 71.1 Å². The fourth-order valence-corrected chi connectivity index (χ4v) is 3.07. The van der Waals surface area contributed by atoms with Crippen molar-refractivity contribution < 1.29 is 14.3 Å². The number of benzene rings is 2. The van der Waals surface area contributed by atoms with Gasteiger partial charge in [-0.1, -0.05) is 29.8 Å². The molecule has 1 heterocycles. The molecule has 29 heavy (non-hydrogen) atoms. The number of carbonyl (C=O) groups is 2. The lowest BCUT2D eigenvalue weighted by molar-refractivity contribution is -0.118. The fraction of sp³-hybridized carbons (Fsp3) is 0.0952. The van der Waals surface area contributed by atoms with Crippen LogP contribution in [0.3, 0.4) is 0 Å². The monoisotopic (exact) mass is 427 g/mol. The summed E-state index contributed by atoms with van der Waals surface area (Å²) in [6.45, 7) is 1.68. The molecule has 0 unspecified atom stereocenters. The summed E-state index contributed by atoms with van der Waals surface area (Å²) in [6, 6.07) is 17.5. The first-order chi connectivity index (χ1) is 14.0. The highest BCUT2D eigenvalue weighted by Gasteiger charge is 2.07. The number of rotatable bonds is 7. The normalized spacial score (nSPS) is 11.0. The van der Waals surface area contributed by atoms with Crippen molar-refractivity contribution in [1.82, 2.24) is 5.43 Å². The fourth-order valence-electron chi connectivity index (χ4n) is 2.33. The van der Waals surface area contributed by atoms with Crippen molar-refractivity contribution in [3.05, 3.63) is 81.5 Å². The van der Waals surface area contributed by atoms with Gasteiger partial charge in [-0.25, -0.2) is 5.43 Å². The average molecular weight is 428 g/mol. The second-order valence-corrected chi connectivity index (χ2v) is 7.37. The van der Waals surface area contributed by atoms with Crippen molar-refractivity contribution in [1.29, 1.82) is 0 Å². The molecule has 0 bridgehead atoms. The standard InChI is InChI=1S/C21H18ClN3O3S/c1-14(24-25-21(27)19-3-2-12-29-19)15-4-8-17(9-5-15)23-20(26)13-28-18-10-6-16(22)7-11-18/h2-12H,13H2,1H3,(H,23,26)(H,25,27)/b24-14-. The topological polar surface area (TPSA) is 79.8 Å². The highest BCUT2D eigenvalue weighted by Crippen LogP contribution is 2.16. The van der Waals surface area contributed by atoms with Gasteiger partial charge in [0.25, 0.3) is 11.8 Å². The molecule has 2 N–H and O–H groups in total. The summed E-state index contributed by atoms with van der Waals surface area (Å²) in [4.78, 5) is 24.6. The van der Waals surface area contributed by atoms with Gasteiger partial charge >= 0.3 is 0 Å². The third kappa shape index (κ3) is 6.17. The number of hydrogen-bond donors (Lipinski definition) is 2. The van der Waals surface area contributed by atoms with Crippen LogP contribution in [0.5, 0.6) is 5.75 Å². The van der Waals surface area contributed by atoms with Crippen LogP contribution >= 0.6 is 22.9 Å². The van der Waals surface area contributed by atoms with Crippen molar-refractivity contribution in [3.8, 4) is 5.75 Å². The maximum absolute atomic E-state index is 12.0. The van der Waals surface area contributed by atoms with E-state index in [1.165, 1.54) is 11.3 Å². The Hall–Kier alpha value is -3.16. The maximum Gasteiger partial charge on any atom is 0.281 e. The van der Waals surface area contributed by atoms with Crippen LogP contribution in [0, 0.1) is 0 Å². The smallest absolute Gasteiger partial charge is 0.281 e. The zero-order valence-electron chi connectivity index (χ0n) is 15.5. The molecule has 3 aromatic rings. The van der Waals surface area contributed by atoms with Crippen LogP contribution in [0.1, 0.15) is 22.2 Å². The summed E-state index contributed by atoms with van der Waals surface area (Å²) in [5.74, 6) is 0.0431. The Balaban J connectivity index is 1.51. The highest BCUT2D eigenvalue weighted by molar-refractivity contribution is 7.12. The van der Waals surface area contributed by atoms with E-state index in [4.69, 9.17) is 16.3 Å². The Bertz CT molecular complexity index is 1000. The van der Waals surface area contributed by atoms with Crippen LogP contribution in [-0.2, 0) is 4.79 Å². The van der Waals surface area contributed by atoms with Gasteiger partial charge < -0.3 is 10.1 Å². The van der Waals surface area contributed by atoms with Crippen molar-refractivity contribution in [3.63, 3.8) is 0 Å². The summed E-state index contributed by atoms with van der Waals surface area (Å²) in [6.07, 6.45) is 0. The minimum atomic E-state index is -0.277. The van der Waals surface area contributed by atoms with Crippen LogP contribution in [0.25, 0.3) is 0 Å². The number of hydrazone groups is 1. The number of ether oxygens (including phenoxy) is 1. The molecule has 6 nitrogen and oxygen atoms in total. The van der Waals surface area contributed by atoms with Crippen molar-refractivity contribution in [2.45, 2.75) is 6.92 Å². The highest BCUT2D eigenvalue weighted by atomic mass is 35.5. The van der Waals surface area contributed by atoms with E-state index >= 15 is 0 Å². The number of thiophene rings is 1. The van der Waals surface area contributed by atoms with Crippen molar-refractivity contribution >= 4 is 46.2 Å². The predicted octanol–water partition coefficient (Wildman–Crippen LogP) is 4.57. The number of carbonyl (C=O) groups excluding carboxylic acids is 2. The Morgan fingerprint density at radius 1 is 1.07 bits per heavy atom. The lowest BCUT2D eigenvalue weighted by atomic mass is 10.1. The largest absolute Gasteiger partial charge is 0.484 e. The first kappa shape index (κ1) is 20.6. The molecule has 1 aromatic heterocycles. The molecule has 2 amide bonds. The molecule has 3 rings (SSSR count). The minimum Gasteiger partial charge on any atom is -0.484 e. The van der Waals surface area contributed by atoms with Gasteiger partial charge in [-0.3, -0.25) is 9.59 Å². The van der Waals surface area contributed by atoms with Gasteiger partial charge in [-0.2, -0.15) is 5.10 Å². The van der Waals surface area contributed by atoms with Gasteiger partial charge in [0.2, 0.25) is 0 Å². The van der Waals surface area contributed by atoms with E-state index < -0.39 is 0 Å². The second-order valence-electron chi connectivity index (χ2n) is 5.98.